The molecule has 44 heavy (non-hydrogen) atoms. The minimum Gasteiger partial charge on any atom is -0.342 e. The highest BCUT2D eigenvalue weighted by atomic mass is 16.2. The van der Waals surface area contributed by atoms with Gasteiger partial charge in [0.25, 0.3) is 0 Å². The first-order chi connectivity index (χ1) is 20.2. The van der Waals surface area contributed by atoms with Gasteiger partial charge < -0.3 is 19.6 Å². The summed E-state index contributed by atoms with van der Waals surface area (Å²) in [5.74, 6) is -0.106. The van der Waals surface area contributed by atoms with Crippen LogP contribution in [0.2, 0.25) is 0 Å². The van der Waals surface area contributed by atoms with Gasteiger partial charge in [0.15, 0.2) is 0 Å². The van der Waals surface area contributed by atoms with Gasteiger partial charge in [-0.05, 0) is 99.3 Å². The molecule has 0 aliphatic rings. The standard InChI is InChI=1S/C37H74N4O3/c1-16-19-21-24-38(35(44)41(36(10,11)12)37(13,14)15)25-22-20-23-32(33(42)39(26-28(4)5)27-29(6)7)34(43)40(30(8)17-2)31(9)18-3/h28-32H,16-27H2,1-15H3. The SMILES string of the molecule is CCCCCN(CCCCC(C(=O)N(CC(C)C)CC(C)C)C(=O)N(C(C)CC)C(C)CC)C(=O)N(C(C)(C)C)C(C)(C)C. The fraction of sp³-hybridized carbons (Fsp3) is 0.919. The number of carbonyl (C=O) groups is 3. The molecular formula is C37H74N4O3. The van der Waals surface area contributed by atoms with E-state index in [4.69, 9.17) is 0 Å². The molecule has 0 rings (SSSR count). The van der Waals surface area contributed by atoms with Crippen molar-refractivity contribution in [2.75, 3.05) is 26.2 Å². The average molecular weight is 623 g/mol. The zero-order valence-electron chi connectivity index (χ0n) is 31.9. The maximum atomic E-state index is 14.3. The lowest BCUT2D eigenvalue weighted by Crippen LogP contribution is -2.59. The fourth-order valence-corrected chi connectivity index (χ4v) is 6.38. The van der Waals surface area contributed by atoms with Gasteiger partial charge in [0.1, 0.15) is 5.92 Å². The summed E-state index contributed by atoms with van der Waals surface area (Å²) in [7, 11) is 0. The normalized spacial score (nSPS) is 14.4. The van der Waals surface area contributed by atoms with Crippen molar-refractivity contribution in [3.05, 3.63) is 0 Å². The van der Waals surface area contributed by atoms with Crippen LogP contribution in [0.1, 0.15) is 155 Å². The summed E-state index contributed by atoms with van der Waals surface area (Å²) in [5, 5.41) is 0. The van der Waals surface area contributed by atoms with E-state index in [0.717, 1.165) is 51.5 Å². The second-order valence-corrected chi connectivity index (χ2v) is 16.0. The fourth-order valence-electron chi connectivity index (χ4n) is 6.38. The van der Waals surface area contributed by atoms with E-state index in [2.05, 4.69) is 104 Å². The molecule has 0 aliphatic heterocycles. The van der Waals surface area contributed by atoms with Crippen LogP contribution >= 0.6 is 0 Å². The van der Waals surface area contributed by atoms with Crippen LogP contribution in [0.4, 0.5) is 4.79 Å². The molecule has 0 spiro atoms. The molecule has 0 N–H and O–H groups in total. The number of unbranched alkanes of at least 4 members (excludes halogenated alkanes) is 3. The Morgan fingerprint density at radius 2 is 1.02 bits per heavy atom. The summed E-state index contributed by atoms with van der Waals surface area (Å²) in [6.07, 6.45) is 6.85. The third-order valence-corrected chi connectivity index (χ3v) is 8.47. The molecule has 0 saturated heterocycles. The Hall–Kier alpha value is -1.79. The lowest BCUT2D eigenvalue weighted by atomic mass is 9.94. The molecule has 0 saturated carbocycles. The summed E-state index contributed by atoms with van der Waals surface area (Å²) >= 11 is 0. The molecule has 0 heterocycles. The first-order valence-electron chi connectivity index (χ1n) is 17.9. The minimum atomic E-state index is -0.694. The molecule has 7 nitrogen and oxygen atoms in total. The smallest absolute Gasteiger partial charge is 0.320 e. The van der Waals surface area contributed by atoms with E-state index in [1.54, 1.807) is 0 Å². The topological polar surface area (TPSA) is 64.2 Å². The van der Waals surface area contributed by atoms with Crippen LogP contribution in [-0.2, 0) is 9.59 Å². The van der Waals surface area contributed by atoms with E-state index in [-0.39, 0.29) is 41.0 Å². The van der Waals surface area contributed by atoms with E-state index in [1.165, 1.54) is 0 Å². The highest BCUT2D eigenvalue weighted by molar-refractivity contribution is 6.00. The van der Waals surface area contributed by atoms with E-state index < -0.39 is 5.92 Å². The molecule has 0 aromatic heterocycles. The van der Waals surface area contributed by atoms with Gasteiger partial charge in [-0.25, -0.2) is 4.79 Å². The number of hydrogen-bond acceptors (Lipinski definition) is 3. The Morgan fingerprint density at radius 3 is 1.39 bits per heavy atom. The van der Waals surface area contributed by atoms with Gasteiger partial charge in [-0.1, -0.05) is 67.7 Å². The number of hydrogen-bond donors (Lipinski definition) is 0. The van der Waals surface area contributed by atoms with Crippen molar-refractivity contribution in [1.29, 1.82) is 0 Å². The van der Waals surface area contributed by atoms with Crippen molar-refractivity contribution in [2.45, 2.75) is 178 Å². The molecule has 0 aromatic carbocycles. The monoisotopic (exact) mass is 623 g/mol. The molecule has 0 bridgehead atoms. The maximum absolute atomic E-state index is 14.3. The predicted molar refractivity (Wildman–Crippen MR) is 188 cm³/mol. The van der Waals surface area contributed by atoms with Crippen molar-refractivity contribution < 1.29 is 14.4 Å². The van der Waals surface area contributed by atoms with Crippen molar-refractivity contribution in [3.8, 4) is 0 Å². The summed E-state index contributed by atoms with van der Waals surface area (Å²) < 4.78 is 0. The second kappa shape index (κ2) is 19.7. The Bertz CT molecular complexity index is 809. The number of nitrogens with zero attached hydrogens (tertiary/aromatic N) is 4. The predicted octanol–water partition coefficient (Wildman–Crippen LogP) is 8.85. The quantitative estimate of drug-likeness (QED) is 0.107. The Labute approximate surface area is 273 Å². The van der Waals surface area contributed by atoms with Gasteiger partial charge >= 0.3 is 6.03 Å². The third kappa shape index (κ3) is 14.1. The summed E-state index contributed by atoms with van der Waals surface area (Å²) in [6, 6.07) is 0.220. The van der Waals surface area contributed by atoms with Crippen LogP contribution in [0.3, 0.4) is 0 Å². The number of carbonyl (C=O) groups excluding carboxylic acids is 3. The van der Waals surface area contributed by atoms with Gasteiger partial charge in [-0.15, -0.1) is 0 Å². The molecule has 0 aliphatic carbocycles. The molecule has 0 aromatic rings. The highest BCUT2D eigenvalue weighted by Crippen LogP contribution is 2.28. The van der Waals surface area contributed by atoms with Crippen LogP contribution in [0, 0.1) is 17.8 Å². The second-order valence-electron chi connectivity index (χ2n) is 16.0. The zero-order valence-corrected chi connectivity index (χ0v) is 31.9. The molecule has 260 valence electrons. The van der Waals surface area contributed by atoms with E-state index in [0.29, 0.717) is 37.9 Å². The zero-order chi connectivity index (χ0) is 34.4. The largest absolute Gasteiger partial charge is 0.342 e. The van der Waals surface area contributed by atoms with E-state index in [9.17, 15) is 14.4 Å². The number of urea groups is 1. The van der Waals surface area contributed by atoms with Crippen LogP contribution < -0.4 is 0 Å². The first kappa shape index (κ1) is 42.2. The van der Waals surface area contributed by atoms with Gasteiger partial charge in [-0.2, -0.15) is 0 Å². The molecule has 0 fully saturated rings. The molecule has 0 radical (unpaired) electrons. The Morgan fingerprint density at radius 1 is 0.591 bits per heavy atom. The van der Waals surface area contributed by atoms with Crippen LogP contribution in [0.15, 0.2) is 0 Å². The van der Waals surface area contributed by atoms with Crippen molar-refractivity contribution >= 4 is 17.8 Å². The van der Waals surface area contributed by atoms with Crippen LogP contribution in [0.5, 0.6) is 0 Å². The van der Waals surface area contributed by atoms with Crippen molar-refractivity contribution in [2.24, 2.45) is 17.8 Å². The van der Waals surface area contributed by atoms with Gasteiger partial charge in [0.2, 0.25) is 11.8 Å². The van der Waals surface area contributed by atoms with Crippen molar-refractivity contribution in [1.82, 2.24) is 19.6 Å². The molecule has 4 amide bonds. The van der Waals surface area contributed by atoms with Gasteiger partial charge in [0, 0.05) is 49.3 Å². The summed E-state index contributed by atoms with van der Waals surface area (Å²) in [5.41, 5.74) is -0.623. The Kier molecular flexibility index (Phi) is 18.9. The maximum Gasteiger partial charge on any atom is 0.320 e. The van der Waals surface area contributed by atoms with E-state index >= 15 is 0 Å². The first-order valence-corrected chi connectivity index (χ1v) is 17.9. The lowest BCUT2D eigenvalue weighted by Gasteiger charge is -2.47. The van der Waals surface area contributed by atoms with Crippen LogP contribution in [-0.4, -0.2) is 86.8 Å². The molecule has 3 unspecified atom stereocenters. The summed E-state index contributed by atoms with van der Waals surface area (Å²) in [6.45, 7) is 34.4. The third-order valence-electron chi connectivity index (χ3n) is 8.47. The van der Waals surface area contributed by atoms with Crippen molar-refractivity contribution in [3.63, 3.8) is 0 Å². The molecular weight excluding hydrogens is 548 g/mol. The van der Waals surface area contributed by atoms with Gasteiger partial charge in [0.05, 0.1) is 0 Å². The Balaban J connectivity index is 6.22. The molecule has 7 heteroatoms. The minimum absolute atomic E-state index is 0.0290. The average Bonchev–Trinajstić information content (AvgIpc) is 2.88. The number of rotatable bonds is 19. The van der Waals surface area contributed by atoms with E-state index in [1.807, 2.05) is 19.6 Å². The molecule has 3 atom stereocenters. The summed E-state index contributed by atoms with van der Waals surface area (Å²) in [4.78, 5) is 50.4. The van der Waals surface area contributed by atoms with Gasteiger partial charge in [-0.3, -0.25) is 9.59 Å². The lowest BCUT2D eigenvalue weighted by molar-refractivity contribution is -0.151. The number of amides is 4. The highest BCUT2D eigenvalue weighted by Gasteiger charge is 2.39. The van der Waals surface area contributed by atoms with Crippen LogP contribution in [0.25, 0.3) is 0 Å².